The minimum atomic E-state index is -0.320. The maximum atomic E-state index is 12.2. The Kier molecular flexibility index (Phi) is 4.93. The number of carbonyl (C=O) groups is 1. The maximum absolute atomic E-state index is 12.2. The molecule has 1 aliphatic heterocycles. The Morgan fingerprint density at radius 2 is 2.19 bits per heavy atom. The number of nitrogens with zero attached hydrogens (tertiary/aromatic N) is 2. The van der Waals surface area contributed by atoms with Gasteiger partial charge in [0.25, 0.3) is 5.91 Å². The number of benzene rings is 1. The fourth-order valence-electron chi connectivity index (χ4n) is 2.45. The van der Waals surface area contributed by atoms with Crippen LogP contribution in [0.15, 0.2) is 34.3 Å². The zero-order valence-corrected chi connectivity index (χ0v) is 15.4. The average Bonchev–Trinajstić information content (AvgIpc) is 3.44. The molecule has 0 saturated carbocycles. The summed E-state index contributed by atoms with van der Waals surface area (Å²) in [5, 5.41) is 5.76. The highest BCUT2D eigenvalue weighted by atomic mass is 32.1. The number of hydrogen-bond acceptors (Lipinski definition) is 8. The Balaban J connectivity index is 1.30. The van der Waals surface area contributed by atoms with Gasteiger partial charge in [0.05, 0.1) is 17.2 Å². The highest BCUT2D eigenvalue weighted by molar-refractivity contribution is 7.09. The van der Waals surface area contributed by atoms with Crippen LogP contribution in [0.4, 0.5) is 0 Å². The van der Waals surface area contributed by atoms with Gasteiger partial charge in [-0.3, -0.25) is 4.79 Å². The van der Waals surface area contributed by atoms with Gasteiger partial charge < -0.3 is 23.9 Å². The monoisotopic (exact) mass is 387 g/mol. The summed E-state index contributed by atoms with van der Waals surface area (Å²) in [6.07, 6.45) is 2.20. The van der Waals surface area contributed by atoms with Gasteiger partial charge in [-0.05, 0) is 18.6 Å². The van der Waals surface area contributed by atoms with Gasteiger partial charge in [0.1, 0.15) is 12.0 Å². The highest BCUT2D eigenvalue weighted by Gasteiger charge is 2.15. The van der Waals surface area contributed by atoms with E-state index in [1.54, 1.807) is 29.5 Å². The van der Waals surface area contributed by atoms with E-state index in [0.29, 0.717) is 29.7 Å². The molecule has 0 radical (unpaired) electrons. The van der Waals surface area contributed by atoms with Gasteiger partial charge in [-0.1, -0.05) is 6.92 Å². The molecule has 0 unspecified atom stereocenters. The molecule has 1 amide bonds. The summed E-state index contributed by atoms with van der Waals surface area (Å²) in [6, 6.07) is 5.27. The van der Waals surface area contributed by atoms with E-state index >= 15 is 0 Å². The minimum absolute atomic E-state index is 0.0961. The molecular weight excluding hydrogens is 370 g/mol. The third-order valence-electron chi connectivity index (χ3n) is 3.82. The zero-order chi connectivity index (χ0) is 18.6. The topological polar surface area (TPSA) is 95.7 Å². The molecule has 1 aromatic carbocycles. The number of hydrogen-bond donors (Lipinski definition) is 1. The Morgan fingerprint density at radius 3 is 3.04 bits per heavy atom. The van der Waals surface area contributed by atoms with Crippen molar-refractivity contribution < 1.29 is 23.4 Å². The lowest BCUT2D eigenvalue weighted by atomic mass is 10.3. The van der Waals surface area contributed by atoms with E-state index in [0.717, 1.165) is 17.1 Å². The van der Waals surface area contributed by atoms with E-state index in [1.807, 2.05) is 12.3 Å². The number of ether oxygens (including phenoxy) is 3. The number of thiazole rings is 1. The predicted octanol–water partition coefficient (Wildman–Crippen LogP) is 2.93. The third-order valence-corrected chi connectivity index (χ3v) is 4.86. The summed E-state index contributed by atoms with van der Waals surface area (Å²) in [5.41, 5.74) is 1.03. The van der Waals surface area contributed by atoms with E-state index in [1.165, 1.54) is 6.26 Å². The molecule has 2 aromatic heterocycles. The maximum Gasteiger partial charge on any atom is 0.273 e. The largest absolute Gasteiger partial charge is 0.484 e. The lowest BCUT2D eigenvalue weighted by Crippen LogP contribution is -2.23. The van der Waals surface area contributed by atoms with Crippen molar-refractivity contribution in [3.05, 3.63) is 52.1 Å². The Bertz CT molecular complexity index is 952. The van der Waals surface area contributed by atoms with Crippen molar-refractivity contribution in [3.8, 4) is 17.2 Å². The molecule has 0 fully saturated rings. The lowest BCUT2D eigenvalue weighted by Gasteiger charge is -2.04. The number of oxazole rings is 1. The Hall–Kier alpha value is -3.07. The van der Waals surface area contributed by atoms with Crippen molar-refractivity contribution in [2.75, 3.05) is 6.79 Å². The molecule has 1 N–H and O–H groups in total. The van der Waals surface area contributed by atoms with Crippen LogP contribution in [0.25, 0.3) is 0 Å². The predicted molar refractivity (Wildman–Crippen MR) is 96.1 cm³/mol. The van der Waals surface area contributed by atoms with Gasteiger partial charge >= 0.3 is 0 Å². The standard InChI is InChI=1S/C18H17N3O5S/c1-2-17-20-11(9-27-17)6-19-18(22)13-7-24-16(21-13)8-23-12-3-4-14-15(5-12)26-10-25-14/h3-5,7,9H,2,6,8,10H2,1H3,(H,19,22). The van der Waals surface area contributed by atoms with Crippen LogP contribution in [-0.4, -0.2) is 22.7 Å². The summed E-state index contributed by atoms with van der Waals surface area (Å²) < 4.78 is 21.5. The molecule has 0 atom stereocenters. The summed E-state index contributed by atoms with van der Waals surface area (Å²) >= 11 is 1.58. The number of aromatic nitrogens is 2. The SMILES string of the molecule is CCc1nc(CNC(=O)c2coc(COc3ccc4c(c3)OCO4)n2)cs1. The molecule has 0 aliphatic carbocycles. The number of aryl methyl sites for hydroxylation is 1. The summed E-state index contributed by atoms with van der Waals surface area (Å²) in [4.78, 5) is 20.7. The number of carbonyl (C=O) groups excluding carboxylic acids is 1. The van der Waals surface area contributed by atoms with Crippen LogP contribution < -0.4 is 19.5 Å². The van der Waals surface area contributed by atoms with Crippen molar-refractivity contribution in [2.24, 2.45) is 0 Å². The van der Waals surface area contributed by atoms with Crippen LogP contribution in [0, 0.1) is 0 Å². The van der Waals surface area contributed by atoms with Crippen LogP contribution in [0.1, 0.15) is 34.0 Å². The van der Waals surface area contributed by atoms with Crippen LogP contribution in [0.3, 0.4) is 0 Å². The van der Waals surface area contributed by atoms with E-state index in [4.69, 9.17) is 18.6 Å². The lowest BCUT2D eigenvalue weighted by molar-refractivity contribution is 0.0945. The van der Waals surface area contributed by atoms with Crippen molar-refractivity contribution in [2.45, 2.75) is 26.5 Å². The van der Waals surface area contributed by atoms with E-state index in [9.17, 15) is 4.79 Å². The first-order chi connectivity index (χ1) is 13.2. The molecule has 27 heavy (non-hydrogen) atoms. The molecule has 0 saturated heterocycles. The molecule has 3 heterocycles. The van der Waals surface area contributed by atoms with Gasteiger partial charge in [0.2, 0.25) is 12.7 Å². The van der Waals surface area contributed by atoms with Crippen LogP contribution in [0.5, 0.6) is 17.2 Å². The zero-order valence-electron chi connectivity index (χ0n) is 14.6. The normalized spacial score (nSPS) is 12.2. The number of fused-ring (bicyclic) bond motifs is 1. The Morgan fingerprint density at radius 1 is 1.30 bits per heavy atom. The van der Waals surface area contributed by atoms with Crippen molar-refractivity contribution in [3.63, 3.8) is 0 Å². The number of nitrogens with one attached hydrogen (secondary N) is 1. The molecule has 4 rings (SSSR count). The van der Waals surface area contributed by atoms with Crippen molar-refractivity contribution in [1.29, 1.82) is 0 Å². The first-order valence-corrected chi connectivity index (χ1v) is 9.27. The number of rotatable bonds is 7. The van der Waals surface area contributed by atoms with Crippen LogP contribution >= 0.6 is 11.3 Å². The fraction of sp³-hybridized carbons (Fsp3) is 0.278. The van der Waals surface area contributed by atoms with Crippen molar-refractivity contribution >= 4 is 17.2 Å². The van der Waals surface area contributed by atoms with Crippen LogP contribution in [-0.2, 0) is 19.6 Å². The van der Waals surface area contributed by atoms with Crippen LogP contribution in [0.2, 0.25) is 0 Å². The van der Waals surface area contributed by atoms with E-state index < -0.39 is 0 Å². The average molecular weight is 387 g/mol. The molecule has 3 aromatic rings. The molecule has 1 aliphatic rings. The summed E-state index contributed by atoms with van der Waals surface area (Å²) in [6.45, 7) is 2.70. The first kappa shape index (κ1) is 17.3. The second-order valence-electron chi connectivity index (χ2n) is 5.70. The number of amides is 1. The molecule has 0 bridgehead atoms. The highest BCUT2D eigenvalue weighted by Crippen LogP contribution is 2.35. The molecule has 0 spiro atoms. The van der Waals surface area contributed by atoms with Gasteiger partial charge in [-0.2, -0.15) is 0 Å². The third kappa shape index (κ3) is 4.03. The molecule has 8 nitrogen and oxygen atoms in total. The van der Waals surface area contributed by atoms with Gasteiger partial charge in [-0.25, -0.2) is 9.97 Å². The van der Waals surface area contributed by atoms with E-state index in [-0.39, 0.29) is 25.0 Å². The fourth-order valence-corrected chi connectivity index (χ4v) is 3.19. The van der Waals surface area contributed by atoms with Gasteiger partial charge in [0.15, 0.2) is 23.8 Å². The second-order valence-corrected chi connectivity index (χ2v) is 6.64. The first-order valence-electron chi connectivity index (χ1n) is 8.39. The smallest absolute Gasteiger partial charge is 0.273 e. The molecule has 9 heteroatoms. The Labute approximate surface area is 159 Å². The summed E-state index contributed by atoms with van der Waals surface area (Å²) in [5.74, 6) is 1.90. The molecular formula is C18H17N3O5S. The van der Waals surface area contributed by atoms with Gasteiger partial charge in [0, 0.05) is 11.4 Å². The minimum Gasteiger partial charge on any atom is -0.484 e. The second kappa shape index (κ2) is 7.67. The summed E-state index contributed by atoms with van der Waals surface area (Å²) in [7, 11) is 0. The van der Waals surface area contributed by atoms with E-state index in [2.05, 4.69) is 15.3 Å². The van der Waals surface area contributed by atoms with Gasteiger partial charge in [-0.15, -0.1) is 11.3 Å². The van der Waals surface area contributed by atoms with Crippen molar-refractivity contribution in [1.82, 2.24) is 15.3 Å². The molecule has 140 valence electrons. The quantitative estimate of drug-likeness (QED) is 0.666.